The molecule has 82 valence electrons. The molecule has 0 spiro atoms. The standard InChI is InChI=1S/C11H21NO2/c1-8(11(13)14)7-10(12-2)9-5-3-4-6-9/h8-10,12H,3-7H2,1-2H3,(H,13,14). The average molecular weight is 199 g/mol. The normalized spacial score (nSPS) is 22.1. The lowest BCUT2D eigenvalue weighted by molar-refractivity contribution is -0.141. The van der Waals surface area contributed by atoms with Gasteiger partial charge in [-0.25, -0.2) is 0 Å². The van der Waals surface area contributed by atoms with Crippen molar-refractivity contribution in [2.75, 3.05) is 7.05 Å². The van der Waals surface area contributed by atoms with E-state index in [2.05, 4.69) is 5.32 Å². The lowest BCUT2D eigenvalue weighted by Crippen LogP contribution is -2.35. The van der Waals surface area contributed by atoms with Crippen LogP contribution in [0.1, 0.15) is 39.0 Å². The molecule has 2 atom stereocenters. The van der Waals surface area contributed by atoms with E-state index in [9.17, 15) is 4.79 Å². The van der Waals surface area contributed by atoms with Gasteiger partial charge in [-0.15, -0.1) is 0 Å². The molecule has 3 nitrogen and oxygen atoms in total. The van der Waals surface area contributed by atoms with Gasteiger partial charge in [-0.3, -0.25) is 4.79 Å². The van der Waals surface area contributed by atoms with Gasteiger partial charge in [0.15, 0.2) is 0 Å². The van der Waals surface area contributed by atoms with Crippen LogP contribution in [-0.4, -0.2) is 24.2 Å². The average Bonchev–Trinajstić information content (AvgIpc) is 2.66. The first-order chi connectivity index (χ1) is 6.65. The Morgan fingerprint density at radius 3 is 2.50 bits per heavy atom. The van der Waals surface area contributed by atoms with Crippen molar-refractivity contribution in [1.29, 1.82) is 0 Å². The van der Waals surface area contributed by atoms with Crippen LogP contribution in [-0.2, 0) is 4.79 Å². The molecule has 0 aliphatic heterocycles. The second kappa shape index (κ2) is 5.35. The van der Waals surface area contributed by atoms with Gasteiger partial charge in [-0.2, -0.15) is 0 Å². The lowest BCUT2D eigenvalue weighted by atomic mass is 9.90. The topological polar surface area (TPSA) is 49.3 Å². The van der Waals surface area contributed by atoms with Gasteiger partial charge in [0, 0.05) is 6.04 Å². The molecule has 1 saturated carbocycles. The summed E-state index contributed by atoms with van der Waals surface area (Å²) in [6.07, 6.45) is 5.90. The smallest absolute Gasteiger partial charge is 0.306 e. The highest BCUT2D eigenvalue weighted by molar-refractivity contribution is 5.69. The number of rotatable bonds is 5. The minimum Gasteiger partial charge on any atom is -0.481 e. The maximum absolute atomic E-state index is 10.7. The molecule has 1 aliphatic rings. The SMILES string of the molecule is CNC(CC(C)C(=O)O)C1CCCC1. The second-order valence-electron chi connectivity index (χ2n) is 4.41. The Bertz CT molecular complexity index is 188. The summed E-state index contributed by atoms with van der Waals surface area (Å²) in [7, 11) is 1.94. The molecule has 1 fully saturated rings. The van der Waals surface area contributed by atoms with E-state index in [-0.39, 0.29) is 5.92 Å². The van der Waals surface area contributed by atoms with Gasteiger partial charge in [-0.1, -0.05) is 19.8 Å². The zero-order valence-corrected chi connectivity index (χ0v) is 9.12. The van der Waals surface area contributed by atoms with E-state index in [0.717, 1.165) is 6.42 Å². The van der Waals surface area contributed by atoms with E-state index < -0.39 is 5.97 Å². The molecule has 0 radical (unpaired) electrons. The van der Waals surface area contributed by atoms with Gasteiger partial charge in [0.1, 0.15) is 0 Å². The molecular weight excluding hydrogens is 178 g/mol. The molecule has 0 aromatic rings. The van der Waals surface area contributed by atoms with Crippen molar-refractivity contribution in [3.63, 3.8) is 0 Å². The largest absolute Gasteiger partial charge is 0.481 e. The van der Waals surface area contributed by atoms with Crippen LogP contribution < -0.4 is 5.32 Å². The summed E-state index contributed by atoms with van der Waals surface area (Å²) < 4.78 is 0. The number of carboxylic acids is 1. The van der Waals surface area contributed by atoms with Crippen molar-refractivity contribution in [2.24, 2.45) is 11.8 Å². The van der Waals surface area contributed by atoms with Gasteiger partial charge in [0.2, 0.25) is 0 Å². The van der Waals surface area contributed by atoms with Crippen molar-refractivity contribution in [1.82, 2.24) is 5.32 Å². The highest BCUT2D eigenvalue weighted by Gasteiger charge is 2.26. The summed E-state index contributed by atoms with van der Waals surface area (Å²) in [6, 6.07) is 0.392. The predicted octanol–water partition coefficient (Wildman–Crippen LogP) is 1.88. The van der Waals surface area contributed by atoms with Crippen LogP contribution >= 0.6 is 0 Å². The first-order valence-corrected chi connectivity index (χ1v) is 5.55. The Morgan fingerprint density at radius 2 is 2.07 bits per heavy atom. The molecule has 0 aromatic carbocycles. The first kappa shape index (κ1) is 11.5. The fraction of sp³-hybridized carbons (Fsp3) is 0.909. The van der Waals surface area contributed by atoms with Crippen LogP contribution in [0.25, 0.3) is 0 Å². The molecule has 2 N–H and O–H groups in total. The number of hydrogen-bond acceptors (Lipinski definition) is 2. The minimum atomic E-state index is -0.678. The maximum Gasteiger partial charge on any atom is 0.306 e. The molecule has 2 unspecified atom stereocenters. The zero-order chi connectivity index (χ0) is 10.6. The molecule has 0 saturated heterocycles. The van der Waals surface area contributed by atoms with Crippen LogP contribution in [0, 0.1) is 11.8 Å². The summed E-state index contributed by atoms with van der Waals surface area (Å²) in [6.45, 7) is 1.79. The number of aliphatic carboxylic acids is 1. The van der Waals surface area contributed by atoms with Crippen molar-refractivity contribution >= 4 is 5.97 Å². The van der Waals surface area contributed by atoms with E-state index >= 15 is 0 Å². The Balaban J connectivity index is 2.41. The zero-order valence-electron chi connectivity index (χ0n) is 9.12. The molecule has 0 heterocycles. The highest BCUT2D eigenvalue weighted by atomic mass is 16.4. The molecule has 3 heteroatoms. The summed E-state index contributed by atoms with van der Waals surface area (Å²) in [5.41, 5.74) is 0. The fourth-order valence-corrected chi connectivity index (χ4v) is 2.39. The van der Waals surface area contributed by atoms with Crippen molar-refractivity contribution in [3.8, 4) is 0 Å². The third-order valence-corrected chi connectivity index (χ3v) is 3.37. The summed E-state index contributed by atoms with van der Waals surface area (Å²) in [5.74, 6) is -0.210. The Kier molecular flexibility index (Phi) is 4.39. The van der Waals surface area contributed by atoms with E-state index in [1.54, 1.807) is 6.92 Å². The molecule has 1 aliphatic carbocycles. The van der Waals surface area contributed by atoms with Crippen molar-refractivity contribution in [3.05, 3.63) is 0 Å². The van der Waals surface area contributed by atoms with Gasteiger partial charge >= 0.3 is 5.97 Å². The molecule has 1 rings (SSSR count). The Hall–Kier alpha value is -0.570. The lowest BCUT2D eigenvalue weighted by Gasteiger charge is -2.24. The highest BCUT2D eigenvalue weighted by Crippen LogP contribution is 2.30. The predicted molar refractivity (Wildman–Crippen MR) is 56.2 cm³/mol. The summed E-state index contributed by atoms with van der Waals surface area (Å²) in [4.78, 5) is 10.7. The van der Waals surface area contributed by atoms with Crippen molar-refractivity contribution in [2.45, 2.75) is 45.1 Å². The third-order valence-electron chi connectivity index (χ3n) is 3.37. The van der Waals surface area contributed by atoms with Crippen LogP contribution in [0.5, 0.6) is 0 Å². The Morgan fingerprint density at radius 1 is 1.50 bits per heavy atom. The van der Waals surface area contributed by atoms with Gasteiger partial charge < -0.3 is 10.4 Å². The molecular formula is C11H21NO2. The monoisotopic (exact) mass is 199 g/mol. The maximum atomic E-state index is 10.7. The minimum absolute atomic E-state index is 0.229. The van der Waals surface area contributed by atoms with E-state index in [1.165, 1.54) is 25.7 Å². The van der Waals surface area contributed by atoms with Crippen LogP contribution in [0.15, 0.2) is 0 Å². The molecule has 0 bridgehead atoms. The third kappa shape index (κ3) is 2.98. The number of hydrogen-bond donors (Lipinski definition) is 2. The number of carbonyl (C=O) groups is 1. The van der Waals surface area contributed by atoms with Crippen molar-refractivity contribution < 1.29 is 9.90 Å². The second-order valence-corrected chi connectivity index (χ2v) is 4.41. The summed E-state index contributed by atoms with van der Waals surface area (Å²) in [5, 5.41) is 12.1. The van der Waals surface area contributed by atoms with Gasteiger partial charge in [0.05, 0.1) is 5.92 Å². The number of nitrogens with one attached hydrogen (secondary N) is 1. The number of carboxylic acid groups (broad SMARTS) is 1. The quantitative estimate of drug-likeness (QED) is 0.710. The van der Waals surface area contributed by atoms with Gasteiger partial charge in [0.25, 0.3) is 0 Å². The fourth-order valence-electron chi connectivity index (χ4n) is 2.39. The van der Waals surface area contributed by atoms with E-state index in [4.69, 9.17) is 5.11 Å². The summed E-state index contributed by atoms with van der Waals surface area (Å²) >= 11 is 0. The van der Waals surface area contributed by atoms with Crippen LogP contribution in [0.2, 0.25) is 0 Å². The molecule has 14 heavy (non-hydrogen) atoms. The van der Waals surface area contributed by atoms with Crippen LogP contribution in [0.4, 0.5) is 0 Å². The van der Waals surface area contributed by atoms with E-state index in [0.29, 0.717) is 12.0 Å². The molecule has 0 amide bonds. The Labute approximate surface area is 85.9 Å². The molecule has 0 aromatic heterocycles. The van der Waals surface area contributed by atoms with E-state index in [1.807, 2.05) is 7.05 Å². The first-order valence-electron chi connectivity index (χ1n) is 5.55. The van der Waals surface area contributed by atoms with Gasteiger partial charge in [-0.05, 0) is 32.2 Å². The van der Waals surface area contributed by atoms with Crippen LogP contribution in [0.3, 0.4) is 0 Å².